The molecule has 0 bridgehead atoms. The number of hydrogen-bond donors (Lipinski definition) is 1. The van der Waals surface area contributed by atoms with Crippen molar-refractivity contribution in [1.82, 2.24) is 4.90 Å². The minimum absolute atomic E-state index is 0.0202. The quantitative estimate of drug-likeness (QED) is 0.781. The Labute approximate surface area is 116 Å². The molecule has 18 heavy (non-hydrogen) atoms. The Balaban J connectivity index is 2.79. The standard InChI is InChI=1S/C13H18BrNO3/c1-18-12-5-3-2-4-11(12)10-15(8-9-16)13(17)6-7-14/h2-5,16H,6-10H2,1H3. The summed E-state index contributed by atoms with van der Waals surface area (Å²) in [7, 11) is 1.61. The van der Waals surface area contributed by atoms with Gasteiger partial charge in [0.2, 0.25) is 5.91 Å². The maximum Gasteiger partial charge on any atom is 0.223 e. The van der Waals surface area contributed by atoms with Crippen molar-refractivity contribution in [2.45, 2.75) is 13.0 Å². The monoisotopic (exact) mass is 315 g/mol. The highest BCUT2D eigenvalue weighted by molar-refractivity contribution is 9.09. The van der Waals surface area contributed by atoms with Crippen molar-refractivity contribution in [3.8, 4) is 5.75 Å². The first-order valence-corrected chi connectivity index (χ1v) is 6.91. The molecule has 0 aliphatic heterocycles. The fourth-order valence-corrected chi connectivity index (χ4v) is 2.03. The van der Waals surface area contributed by atoms with Crippen molar-refractivity contribution >= 4 is 21.8 Å². The molecule has 1 aromatic carbocycles. The molecule has 4 nitrogen and oxygen atoms in total. The van der Waals surface area contributed by atoms with Crippen LogP contribution in [0.1, 0.15) is 12.0 Å². The molecule has 1 rings (SSSR count). The molecule has 0 aliphatic carbocycles. The molecule has 0 atom stereocenters. The summed E-state index contributed by atoms with van der Waals surface area (Å²) in [6.07, 6.45) is 0.426. The normalized spacial score (nSPS) is 10.2. The van der Waals surface area contributed by atoms with Crippen LogP contribution < -0.4 is 4.74 Å². The Bertz CT molecular complexity index is 384. The molecule has 5 heteroatoms. The van der Waals surface area contributed by atoms with Gasteiger partial charge < -0.3 is 14.7 Å². The Morgan fingerprint density at radius 2 is 2.17 bits per heavy atom. The number of para-hydroxylation sites is 1. The topological polar surface area (TPSA) is 49.8 Å². The average Bonchev–Trinajstić information content (AvgIpc) is 2.39. The molecule has 0 unspecified atom stereocenters. The third-order valence-corrected chi connectivity index (χ3v) is 2.98. The summed E-state index contributed by atoms with van der Waals surface area (Å²) in [5, 5.41) is 9.65. The Hall–Kier alpha value is -1.07. The van der Waals surface area contributed by atoms with Gasteiger partial charge in [-0.3, -0.25) is 4.79 Å². The van der Waals surface area contributed by atoms with E-state index in [1.807, 2.05) is 24.3 Å². The Morgan fingerprint density at radius 3 is 2.78 bits per heavy atom. The number of rotatable bonds is 7. The highest BCUT2D eigenvalue weighted by Gasteiger charge is 2.14. The van der Waals surface area contributed by atoms with Crippen molar-refractivity contribution in [2.75, 3.05) is 25.6 Å². The number of hydrogen-bond acceptors (Lipinski definition) is 3. The third kappa shape index (κ3) is 4.31. The van der Waals surface area contributed by atoms with E-state index in [0.717, 1.165) is 11.3 Å². The number of halogens is 1. The van der Waals surface area contributed by atoms with Gasteiger partial charge in [-0.2, -0.15) is 0 Å². The minimum atomic E-state index is -0.0385. The number of carbonyl (C=O) groups excluding carboxylic acids is 1. The van der Waals surface area contributed by atoms with E-state index in [-0.39, 0.29) is 12.5 Å². The average molecular weight is 316 g/mol. The number of carbonyl (C=O) groups is 1. The van der Waals surface area contributed by atoms with Crippen molar-refractivity contribution in [3.05, 3.63) is 29.8 Å². The van der Waals surface area contributed by atoms with Crippen LogP contribution in [-0.2, 0) is 11.3 Å². The van der Waals surface area contributed by atoms with Crippen LogP contribution in [0.3, 0.4) is 0 Å². The SMILES string of the molecule is COc1ccccc1CN(CCO)C(=O)CCBr. The van der Waals surface area contributed by atoms with E-state index in [1.54, 1.807) is 12.0 Å². The molecule has 0 radical (unpaired) electrons. The van der Waals surface area contributed by atoms with E-state index in [0.29, 0.717) is 24.8 Å². The molecule has 0 aromatic heterocycles. The Morgan fingerprint density at radius 1 is 1.44 bits per heavy atom. The summed E-state index contributed by atoms with van der Waals surface area (Å²) in [4.78, 5) is 13.5. The molecule has 0 saturated heterocycles. The van der Waals surface area contributed by atoms with Crippen LogP contribution in [-0.4, -0.2) is 41.5 Å². The van der Waals surface area contributed by atoms with Crippen LogP contribution in [0.15, 0.2) is 24.3 Å². The van der Waals surface area contributed by atoms with Gasteiger partial charge >= 0.3 is 0 Å². The zero-order valence-corrected chi connectivity index (χ0v) is 12.0. The lowest BCUT2D eigenvalue weighted by molar-refractivity contribution is -0.131. The lowest BCUT2D eigenvalue weighted by Crippen LogP contribution is -2.33. The van der Waals surface area contributed by atoms with Crippen LogP contribution in [0.2, 0.25) is 0 Å². The van der Waals surface area contributed by atoms with Gasteiger partial charge in [0.05, 0.1) is 13.7 Å². The fourth-order valence-electron chi connectivity index (χ4n) is 1.69. The van der Waals surface area contributed by atoms with E-state index >= 15 is 0 Å². The number of amides is 1. The summed E-state index contributed by atoms with van der Waals surface area (Å²) >= 11 is 3.25. The molecule has 0 fully saturated rings. The molecule has 0 heterocycles. The summed E-state index contributed by atoms with van der Waals surface area (Å²) in [6.45, 7) is 0.753. The van der Waals surface area contributed by atoms with Crippen molar-refractivity contribution in [2.24, 2.45) is 0 Å². The molecule has 0 aliphatic rings. The minimum Gasteiger partial charge on any atom is -0.496 e. The van der Waals surface area contributed by atoms with Gasteiger partial charge in [-0.25, -0.2) is 0 Å². The summed E-state index contributed by atoms with van der Waals surface area (Å²) in [5.41, 5.74) is 0.941. The van der Waals surface area contributed by atoms with Gasteiger partial charge in [0.25, 0.3) is 0 Å². The largest absolute Gasteiger partial charge is 0.496 e. The van der Waals surface area contributed by atoms with E-state index in [1.165, 1.54) is 0 Å². The van der Waals surface area contributed by atoms with Gasteiger partial charge in [-0.1, -0.05) is 34.1 Å². The molecule has 100 valence electrons. The van der Waals surface area contributed by atoms with E-state index < -0.39 is 0 Å². The van der Waals surface area contributed by atoms with Gasteiger partial charge in [-0.05, 0) is 6.07 Å². The molecular weight excluding hydrogens is 298 g/mol. The third-order valence-electron chi connectivity index (χ3n) is 2.58. The van der Waals surface area contributed by atoms with Crippen LogP contribution in [0, 0.1) is 0 Å². The van der Waals surface area contributed by atoms with Gasteiger partial charge in [0.1, 0.15) is 5.75 Å². The highest BCUT2D eigenvalue weighted by atomic mass is 79.9. The first-order valence-electron chi connectivity index (χ1n) is 5.79. The number of ether oxygens (including phenoxy) is 1. The number of alkyl halides is 1. The van der Waals surface area contributed by atoms with E-state index in [2.05, 4.69) is 15.9 Å². The number of aliphatic hydroxyl groups is 1. The molecule has 0 spiro atoms. The number of nitrogens with zero attached hydrogens (tertiary/aromatic N) is 1. The lowest BCUT2D eigenvalue weighted by atomic mass is 10.2. The van der Waals surface area contributed by atoms with Gasteiger partial charge in [-0.15, -0.1) is 0 Å². The lowest BCUT2D eigenvalue weighted by Gasteiger charge is -2.22. The second-order valence-electron chi connectivity index (χ2n) is 3.79. The highest BCUT2D eigenvalue weighted by Crippen LogP contribution is 2.19. The summed E-state index contributed by atoms with van der Waals surface area (Å²) < 4.78 is 5.25. The smallest absolute Gasteiger partial charge is 0.223 e. The fraction of sp³-hybridized carbons (Fsp3) is 0.462. The number of aliphatic hydroxyl groups excluding tert-OH is 1. The second kappa shape index (κ2) is 8.11. The summed E-state index contributed by atoms with van der Waals surface area (Å²) in [6, 6.07) is 7.58. The van der Waals surface area contributed by atoms with Crippen LogP contribution in [0.4, 0.5) is 0 Å². The predicted molar refractivity (Wildman–Crippen MR) is 73.9 cm³/mol. The maximum absolute atomic E-state index is 11.9. The van der Waals surface area contributed by atoms with E-state index in [4.69, 9.17) is 9.84 Å². The Kier molecular flexibility index (Phi) is 6.75. The maximum atomic E-state index is 11.9. The van der Waals surface area contributed by atoms with E-state index in [9.17, 15) is 4.79 Å². The zero-order valence-electron chi connectivity index (χ0n) is 10.4. The number of methoxy groups -OCH3 is 1. The van der Waals surface area contributed by atoms with Crippen LogP contribution >= 0.6 is 15.9 Å². The molecule has 1 amide bonds. The zero-order chi connectivity index (χ0) is 13.4. The van der Waals surface area contributed by atoms with Crippen molar-refractivity contribution < 1.29 is 14.6 Å². The molecule has 1 aromatic rings. The van der Waals surface area contributed by atoms with Crippen molar-refractivity contribution in [3.63, 3.8) is 0 Å². The van der Waals surface area contributed by atoms with Crippen molar-refractivity contribution in [1.29, 1.82) is 0 Å². The molecule has 1 N–H and O–H groups in total. The summed E-state index contributed by atoms with van der Waals surface area (Å²) in [5.74, 6) is 0.777. The van der Waals surface area contributed by atoms with Crippen LogP contribution in [0.25, 0.3) is 0 Å². The first kappa shape index (κ1) is 15.0. The molecule has 0 saturated carbocycles. The predicted octanol–water partition coefficient (Wildman–Crippen LogP) is 1.80. The molecular formula is C13H18BrNO3. The number of benzene rings is 1. The van der Waals surface area contributed by atoms with Gasteiger partial charge in [0.15, 0.2) is 0 Å². The first-order chi connectivity index (χ1) is 8.72. The van der Waals surface area contributed by atoms with Crippen LogP contribution in [0.5, 0.6) is 5.75 Å². The second-order valence-corrected chi connectivity index (χ2v) is 4.58. The van der Waals surface area contributed by atoms with Gasteiger partial charge in [0, 0.05) is 30.4 Å².